The molecule has 6 heteroatoms. The second-order valence-electron chi connectivity index (χ2n) is 4.11. The van der Waals surface area contributed by atoms with Gasteiger partial charge in [-0.15, -0.1) is 0 Å². The van der Waals surface area contributed by atoms with Gasteiger partial charge >= 0.3 is 5.97 Å². The van der Waals surface area contributed by atoms with Gasteiger partial charge in [-0.2, -0.15) is 4.98 Å². The number of aromatic nitrogens is 2. The number of hydrogen-bond donors (Lipinski definition) is 1. The molecule has 1 N–H and O–H groups in total. The highest BCUT2D eigenvalue weighted by atomic mass is 32.2. The van der Waals surface area contributed by atoms with Crippen molar-refractivity contribution in [2.75, 3.05) is 5.75 Å². The second-order valence-corrected chi connectivity index (χ2v) is 5.05. The van der Waals surface area contributed by atoms with E-state index in [1.165, 1.54) is 6.07 Å². The summed E-state index contributed by atoms with van der Waals surface area (Å²) in [5, 5.41) is 9.17. The molecule has 1 aromatic rings. The Morgan fingerprint density at radius 1 is 1.71 bits per heavy atom. The number of carbonyl (C=O) groups is 1. The molecule has 2 rings (SSSR count). The van der Waals surface area contributed by atoms with Crippen LogP contribution in [0.15, 0.2) is 22.2 Å². The molecule has 1 aromatic heterocycles. The van der Waals surface area contributed by atoms with Crippen LogP contribution in [0.1, 0.15) is 25.8 Å². The zero-order chi connectivity index (χ0) is 12.4. The topological polar surface area (TPSA) is 72.2 Å². The molecule has 0 amide bonds. The molecule has 2 atom stereocenters. The monoisotopic (exact) mass is 254 g/mol. The fourth-order valence-corrected chi connectivity index (χ4v) is 2.65. The molecule has 1 aliphatic rings. The van der Waals surface area contributed by atoms with Crippen LogP contribution in [0.5, 0.6) is 0 Å². The van der Waals surface area contributed by atoms with Gasteiger partial charge in [0.05, 0.1) is 5.75 Å². The van der Waals surface area contributed by atoms with Crippen LogP contribution in [0.4, 0.5) is 0 Å². The highest BCUT2D eigenvalue weighted by Gasteiger charge is 2.37. The number of carboxylic acid groups (broad SMARTS) is 1. The van der Waals surface area contributed by atoms with Crippen molar-refractivity contribution in [1.82, 2.24) is 9.55 Å². The molecule has 92 valence electrons. The van der Waals surface area contributed by atoms with Gasteiger partial charge in [0, 0.05) is 18.3 Å². The lowest BCUT2D eigenvalue weighted by Gasteiger charge is -2.10. The van der Waals surface area contributed by atoms with E-state index >= 15 is 0 Å². The lowest BCUT2D eigenvalue weighted by Crippen LogP contribution is -2.14. The summed E-state index contributed by atoms with van der Waals surface area (Å²) in [6.07, 6.45) is 3.90. The van der Waals surface area contributed by atoms with E-state index in [1.54, 1.807) is 6.20 Å². The zero-order valence-corrected chi connectivity index (χ0v) is 10.3. The van der Waals surface area contributed by atoms with Gasteiger partial charge in [0.2, 0.25) is 0 Å². The van der Waals surface area contributed by atoms with Crippen LogP contribution in [0.2, 0.25) is 0 Å². The van der Waals surface area contributed by atoms with E-state index in [0.717, 1.165) is 24.6 Å². The predicted octanol–water partition coefficient (Wildman–Crippen LogP) is 1.39. The SMILES string of the molecule is CCC1CC1n1ccc(=O)nc1SCC(=O)O. The Bertz CT molecular complexity index is 486. The van der Waals surface area contributed by atoms with Crippen molar-refractivity contribution < 1.29 is 9.90 Å². The van der Waals surface area contributed by atoms with Gasteiger partial charge in [-0.1, -0.05) is 25.1 Å². The van der Waals surface area contributed by atoms with Crippen LogP contribution in [0.25, 0.3) is 0 Å². The summed E-state index contributed by atoms with van der Waals surface area (Å²) in [6, 6.07) is 1.81. The Balaban J connectivity index is 2.19. The lowest BCUT2D eigenvalue weighted by atomic mass is 10.3. The average molecular weight is 254 g/mol. The molecule has 0 bridgehead atoms. The van der Waals surface area contributed by atoms with E-state index in [0.29, 0.717) is 17.1 Å². The molecule has 1 heterocycles. The van der Waals surface area contributed by atoms with Crippen LogP contribution < -0.4 is 5.56 Å². The van der Waals surface area contributed by atoms with Crippen molar-refractivity contribution in [2.45, 2.75) is 31.0 Å². The van der Waals surface area contributed by atoms with E-state index in [4.69, 9.17) is 5.11 Å². The summed E-state index contributed by atoms with van der Waals surface area (Å²) in [5.74, 6) is -0.342. The minimum Gasteiger partial charge on any atom is -0.481 e. The molecule has 1 fully saturated rings. The van der Waals surface area contributed by atoms with Gasteiger partial charge in [-0.05, 0) is 12.3 Å². The average Bonchev–Trinajstić information content (AvgIpc) is 3.05. The van der Waals surface area contributed by atoms with Gasteiger partial charge < -0.3 is 9.67 Å². The third kappa shape index (κ3) is 2.88. The molecule has 0 spiro atoms. The van der Waals surface area contributed by atoms with Crippen LogP contribution in [0, 0.1) is 5.92 Å². The first kappa shape index (κ1) is 12.2. The molecule has 0 radical (unpaired) electrons. The molecule has 0 aliphatic heterocycles. The lowest BCUT2D eigenvalue weighted by molar-refractivity contribution is -0.133. The van der Waals surface area contributed by atoms with Crippen molar-refractivity contribution in [3.63, 3.8) is 0 Å². The highest BCUT2D eigenvalue weighted by Crippen LogP contribution is 2.46. The summed E-state index contributed by atoms with van der Waals surface area (Å²) < 4.78 is 1.93. The Hall–Kier alpha value is -1.30. The van der Waals surface area contributed by atoms with E-state index in [2.05, 4.69) is 11.9 Å². The molecule has 1 saturated carbocycles. The Kier molecular flexibility index (Phi) is 3.51. The van der Waals surface area contributed by atoms with Crippen molar-refractivity contribution in [3.8, 4) is 0 Å². The smallest absolute Gasteiger partial charge is 0.313 e. The first-order valence-corrected chi connectivity index (χ1v) is 6.54. The summed E-state index contributed by atoms with van der Waals surface area (Å²) in [6.45, 7) is 2.13. The maximum absolute atomic E-state index is 11.2. The van der Waals surface area contributed by atoms with Crippen LogP contribution in [0.3, 0.4) is 0 Å². The van der Waals surface area contributed by atoms with E-state index in [1.807, 2.05) is 4.57 Å². The van der Waals surface area contributed by atoms with Crippen LogP contribution >= 0.6 is 11.8 Å². The van der Waals surface area contributed by atoms with Crippen molar-refractivity contribution >= 4 is 17.7 Å². The normalized spacial score (nSPS) is 22.4. The summed E-state index contributed by atoms with van der Waals surface area (Å²) >= 11 is 1.10. The minimum absolute atomic E-state index is 0.0695. The number of nitrogens with zero attached hydrogens (tertiary/aromatic N) is 2. The molecular weight excluding hydrogens is 240 g/mol. The quantitative estimate of drug-likeness (QED) is 0.635. The second kappa shape index (κ2) is 4.91. The maximum Gasteiger partial charge on any atom is 0.313 e. The van der Waals surface area contributed by atoms with Crippen LogP contribution in [-0.2, 0) is 4.79 Å². The Labute approximate surface area is 103 Å². The van der Waals surface area contributed by atoms with Crippen molar-refractivity contribution in [3.05, 3.63) is 22.6 Å². The van der Waals surface area contributed by atoms with Gasteiger partial charge in [-0.25, -0.2) is 0 Å². The number of rotatable bonds is 5. The highest BCUT2D eigenvalue weighted by molar-refractivity contribution is 7.99. The van der Waals surface area contributed by atoms with Crippen molar-refractivity contribution in [2.24, 2.45) is 5.92 Å². The molecule has 2 unspecified atom stereocenters. The third-order valence-electron chi connectivity index (χ3n) is 2.90. The summed E-state index contributed by atoms with van der Waals surface area (Å²) in [4.78, 5) is 25.6. The van der Waals surface area contributed by atoms with Gasteiger partial charge in [0.25, 0.3) is 5.56 Å². The molecule has 17 heavy (non-hydrogen) atoms. The number of aliphatic carboxylic acids is 1. The number of hydrogen-bond acceptors (Lipinski definition) is 4. The van der Waals surface area contributed by atoms with Gasteiger partial charge in [0.15, 0.2) is 5.16 Å². The fraction of sp³-hybridized carbons (Fsp3) is 0.545. The number of thioether (sulfide) groups is 1. The van der Waals surface area contributed by atoms with Gasteiger partial charge in [0.1, 0.15) is 0 Å². The van der Waals surface area contributed by atoms with E-state index in [-0.39, 0.29) is 11.3 Å². The zero-order valence-electron chi connectivity index (χ0n) is 9.50. The largest absolute Gasteiger partial charge is 0.481 e. The summed E-state index contributed by atoms with van der Waals surface area (Å²) in [7, 11) is 0. The molecule has 5 nitrogen and oxygen atoms in total. The minimum atomic E-state index is -0.900. The first-order valence-electron chi connectivity index (χ1n) is 5.55. The fourth-order valence-electron chi connectivity index (χ4n) is 1.89. The standard InChI is InChI=1S/C11H14N2O3S/c1-2-7-5-8(7)13-4-3-9(14)12-11(13)17-6-10(15)16/h3-4,7-8H,2,5-6H2,1H3,(H,15,16). The molecule has 0 aromatic carbocycles. The molecule has 0 saturated heterocycles. The summed E-state index contributed by atoms with van der Waals surface area (Å²) in [5.41, 5.74) is -0.317. The Morgan fingerprint density at radius 3 is 3.06 bits per heavy atom. The first-order chi connectivity index (χ1) is 8.11. The van der Waals surface area contributed by atoms with E-state index < -0.39 is 5.97 Å². The molecule has 1 aliphatic carbocycles. The predicted molar refractivity (Wildman–Crippen MR) is 64.3 cm³/mol. The molecular formula is C11H14N2O3S. The Morgan fingerprint density at radius 2 is 2.47 bits per heavy atom. The van der Waals surface area contributed by atoms with Gasteiger partial charge in [-0.3, -0.25) is 9.59 Å². The van der Waals surface area contributed by atoms with Crippen LogP contribution in [-0.4, -0.2) is 26.4 Å². The van der Waals surface area contributed by atoms with Crippen molar-refractivity contribution in [1.29, 1.82) is 0 Å². The maximum atomic E-state index is 11.2. The van der Waals surface area contributed by atoms with E-state index in [9.17, 15) is 9.59 Å². The number of carboxylic acids is 1. The third-order valence-corrected chi connectivity index (χ3v) is 3.85.